The Morgan fingerprint density at radius 3 is 2.85 bits per heavy atom. The highest BCUT2D eigenvalue weighted by Crippen LogP contribution is 2.34. The fourth-order valence-electron chi connectivity index (χ4n) is 2.85. The summed E-state index contributed by atoms with van der Waals surface area (Å²) in [5.41, 5.74) is 2.76. The van der Waals surface area contributed by atoms with E-state index in [0.29, 0.717) is 11.4 Å². The zero-order valence-corrected chi connectivity index (χ0v) is 16.9. The number of rotatable bonds is 5. The predicted octanol–water partition coefficient (Wildman–Crippen LogP) is 5.17. The van der Waals surface area contributed by atoms with Crippen molar-refractivity contribution in [2.75, 3.05) is 5.75 Å². The molecule has 1 atom stereocenters. The van der Waals surface area contributed by atoms with E-state index in [0.717, 1.165) is 27.1 Å². The number of benzene rings is 1. The molecule has 1 unspecified atom stereocenters. The van der Waals surface area contributed by atoms with Gasteiger partial charge in [-0.2, -0.15) is 5.10 Å². The second kappa shape index (κ2) is 7.88. The quantitative estimate of drug-likeness (QED) is 0.537. The Hall–Kier alpha value is -2.09. The van der Waals surface area contributed by atoms with Gasteiger partial charge >= 0.3 is 0 Å². The Kier molecular flexibility index (Phi) is 5.33. The molecule has 0 radical (unpaired) electrons. The van der Waals surface area contributed by atoms with Gasteiger partial charge in [0.05, 0.1) is 17.7 Å². The van der Waals surface area contributed by atoms with Crippen molar-refractivity contribution in [1.82, 2.24) is 9.99 Å². The number of furan rings is 1. The molecule has 0 N–H and O–H groups in total. The third kappa shape index (κ3) is 4.10. The Balaban J connectivity index is 1.55. The van der Waals surface area contributed by atoms with Crippen molar-refractivity contribution in [3.8, 4) is 0 Å². The van der Waals surface area contributed by atoms with E-state index in [4.69, 9.17) is 16.0 Å². The topological polar surface area (TPSA) is 58.7 Å². The van der Waals surface area contributed by atoms with Crippen molar-refractivity contribution in [3.63, 3.8) is 0 Å². The van der Waals surface area contributed by atoms with Crippen LogP contribution < -0.4 is 0 Å². The highest BCUT2D eigenvalue weighted by Gasteiger charge is 2.34. The van der Waals surface area contributed by atoms with Crippen LogP contribution in [0.15, 0.2) is 61.9 Å². The van der Waals surface area contributed by atoms with Crippen LogP contribution in [-0.4, -0.2) is 27.4 Å². The molecule has 3 aromatic rings. The SMILES string of the molecule is Cc1csc(SCC(=O)N2N=C(c3ccc(Cl)cc3)CC2c2ccco2)n1. The van der Waals surface area contributed by atoms with Crippen molar-refractivity contribution in [3.05, 3.63) is 70.1 Å². The third-order valence-corrected chi connectivity index (χ3v) is 6.51. The molecule has 27 heavy (non-hydrogen) atoms. The number of aromatic nitrogens is 1. The summed E-state index contributed by atoms with van der Waals surface area (Å²) in [6.45, 7) is 1.94. The summed E-state index contributed by atoms with van der Waals surface area (Å²) in [7, 11) is 0. The van der Waals surface area contributed by atoms with Gasteiger partial charge in [-0.15, -0.1) is 11.3 Å². The molecule has 0 fully saturated rings. The first kappa shape index (κ1) is 18.3. The minimum Gasteiger partial charge on any atom is -0.467 e. The fraction of sp³-hybridized carbons (Fsp3) is 0.211. The molecule has 0 bridgehead atoms. The maximum Gasteiger partial charge on any atom is 0.253 e. The Morgan fingerprint density at radius 1 is 1.37 bits per heavy atom. The van der Waals surface area contributed by atoms with E-state index >= 15 is 0 Å². The number of aryl methyl sites for hydroxylation is 1. The van der Waals surface area contributed by atoms with Gasteiger partial charge in [-0.05, 0) is 36.8 Å². The highest BCUT2D eigenvalue weighted by molar-refractivity contribution is 8.01. The Labute approximate surface area is 170 Å². The standard InChI is InChI=1S/C19H16ClN3O2S2/c1-12-10-26-19(21-12)27-11-18(24)23-16(17-3-2-8-25-17)9-15(22-23)13-4-6-14(20)7-5-13/h2-8,10,16H,9,11H2,1H3. The number of nitrogens with zero attached hydrogens (tertiary/aromatic N) is 3. The molecule has 8 heteroatoms. The minimum absolute atomic E-state index is 0.0711. The lowest BCUT2D eigenvalue weighted by molar-refractivity contribution is -0.130. The van der Waals surface area contributed by atoms with Crippen LogP contribution >= 0.6 is 34.7 Å². The zero-order valence-electron chi connectivity index (χ0n) is 14.5. The van der Waals surface area contributed by atoms with Crippen LogP contribution in [0.4, 0.5) is 0 Å². The van der Waals surface area contributed by atoms with Crippen LogP contribution in [0.5, 0.6) is 0 Å². The van der Waals surface area contributed by atoms with Crippen molar-refractivity contribution < 1.29 is 9.21 Å². The van der Waals surface area contributed by atoms with Gasteiger partial charge in [0.25, 0.3) is 5.91 Å². The fourth-order valence-corrected chi connectivity index (χ4v) is 4.68. The maximum atomic E-state index is 12.9. The second-order valence-electron chi connectivity index (χ2n) is 6.07. The van der Waals surface area contributed by atoms with Gasteiger partial charge in [-0.25, -0.2) is 9.99 Å². The number of amides is 1. The minimum atomic E-state index is -0.239. The molecule has 0 saturated carbocycles. The van der Waals surface area contributed by atoms with Gasteiger partial charge in [0.2, 0.25) is 0 Å². The molecule has 5 nitrogen and oxygen atoms in total. The van der Waals surface area contributed by atoms with E-state index in [1.54, 1.807) is 17.6 Å². The Morgan fingerprint density at radius 2 is 2.19 bits per heavy atom. The highest BCUT2D eigenvalue weighted by atomic mass is 35.5. The first-order chi connectivity index (χ1) is 13.1. The van der Waals surface area contributed by atoms with Crippen LogP contribution in [0.1, 0.15) is 29.5 Å². The second-order valence-corrected chi connectivity index (χ2v) is 8.59. The molecule has 3 heterocycles. The first-order valence-corrected chi connectivity index (χ1v) is 10.6. The van der Waals surface area contributed by atoms with E-state index in [-0.39, 0.29) is 17.7 Å². The van der Waals surface area contributed by atoms with Gasteiger partial charge in [-0.3, -0.25) is 4.79 Å². The van der Waals surface area contributed by atoms with Gasteiger partial charge in [-0.1, -0.05) is 35.5 Å². The van der Waals surface area contributed by atoms with Gasteiger partial charge in [0.15, 0.2) is 4.34 Å². The number of carbonyl (C=O) groups is 1. The van der Waals surface area contributed by atoms with E-state index in [1.807, 2.05) is 48.7 Å². The van der Waals surface area contributed by atoms with E-state index in [1.165, 1.54) is 16.8 Å². The zero-order chi connectivity index (χ0) is 18.8. The number of thiazole rings is 1. The van der Waals surface area contributed by atoms with Crippen LogP contribution in [0, 0.1) is 6.92 Å². The van der Waals surface area contributed by atoms with Gasteiger partial charge in [0, 0.05) is 22.5 Å². The van der Waals surface area contributed by atoms with E-state index in [9.17, 15) is 4.79 Å². The third-order valence-electron chi connectivity index (χ3n) is 4.13. The van der Waals surface area contributed by atoms with Crippen molar-refractivity contribution in [1.29, 1.82) is 0 Å². The number of hydrogen-bond acceptors (Lipinski definition) is 6. The molecule has 1 amide bonds. The molecule has 4 rings (SSSR count). The Bertz CT molecular complexity index is 967. The molecule has 138 valence electrons. The van der Waals surface area contributed by atoms with Gasteiger partial charge < -0.3 is 4.42 Å². The number of carbonyl (C=O) groups excluding carboxylic acids is 1. The number of hydrogen-bond donors (Lipinski definition) is 0. The summed E-state index contributed by atoms with van der Waals surface area (Å²) in [6.07, 6.45) is 2.22. The molecule has 1 aliphatic rings. The lowest BCUT2D eigenvalue weighted by Gasteiger charge is -2.19. The van der Waals surface area contributed by atoms with Crippen molar-refractivity contribution in [2.45, 2.75) is 23.7 Å². The molecule has 0 saturated heterocycles. The molecular formula is C19H16ClN3O2S2. The number of hydrazone groups is 1. The molecular weight excluding hydrogens is 402 g/mol. The summed E-state index contributed by atoms with van der Waals surface area (Å²) < 4.78 is 6.45. The molecule has 2 aromatic heterocycles. The average molecular weight is 418 g/mol. The first-order valence-electron chi connectivity index (χ1n) is 8.34. The lowest BCUT2D eigenvalue weighted by atomic mass is 10.0. The van der Waals surface area contributed by atoms with Gasteiger partial charge in [0.1, 0.15) is 11.8 Å². The van der Waals surface area contributed by atoms with E-state index < -0.39 is 0 Å². The predicted molar refractivity (Wildman–Crippen MR) is 108 cm³/mol. The van der Waals surface area contributed by atoms with Crippen LogP contribution in [-0.2, 0) is 4.79 Å². The summed E-state index contributed by atoms with van der Waals surface area (Å²) in [6, 6.07) is 11.0. The molecule has 0 aliphatic carbocycles. The van der Waals surface area contributed by atoms with Crippen LogP contribution in [0.2, 0.25) is 5.02 Å². The lowest BCUT2D eigenvalue weighted by Crippen LogP contribution is -2.28. The normalized spacial score (nSPS) is 16.6. The maximum absolute atomic E-state index is 12.9. The summed E-state index contributed by atoms with van der Waals surface area (Å²) >= 11 is 8.96. The molecule has 0 spiro atoms. The average Bonchev–Trinajstić information content (AvgIpc) is 3.40. The summed E-state index contributed by atoms with van der Waals surface area (Å²) in [5, 5.41) is 8.79. The summed E-state index contributed by atoms with van der Waals surface area (Å²) in [5.74, 6) is 0.936. The largest absolute Gasteiger partial charge is 0.467 e. The summed E-state index contributed by atoms with van der Waals surface area (Å²) in [4.78, 5) is 17.3. The number of halogens is 1. The number of thioether (sulfide) groups is 1. The van der Waals surface area contributed by atoms with E-state index in [2.05, 4.69) is 10.1 Å². The van der Waals surface area contributed by atoms with Crippen LogP contribution in [0.3, 0.4) is 0 Å². The van der Waals surface area contributed by atoms with Crippen molar-refractivity contribution >= 4 is 46.3 Å². The monoisotopic (exact) mass is 417 g/mol. The smallest absolute Gasteiger partial charge is 0.253 e. The van der Waals surface area contributed by atoms with Crippen molar-refractivity contribution in [2.24, 2.45) is 5.10 Å². The van der Waals surface area contributed by atoms with Crippen LogP contribution in [0.25, 0.3) is 0 Å². The molecule has 1 aromatic carbocycles. The molecule has 1 aliphatic heterocycles.